The maximum atomic E-state index is 12.7. The van der Waals surface area contributed by atoms with Gasteiger partial charge in [0.15, 0.2) is 0 Å². The second kappa shape index (κ2) is 11.2. The van der Waals surface area contributed by atoms with Gasteiger partial charge in [0.25, 0.3) is 5.91 Å². The molecule has 4 rings (SSSR count). The number of nitrogens with zero attached hydrogens (tertiary/aromatic N) is 2. The summed E-state index contributed by atoms with van der Waals surface area (Å²) < 4.78 is 10.9. The van der Waals surface area contributed by atoms with Gasteiger partial charge in [-0.1, -0.05) is 12.8 Å². The Labute approximate surface area is 201 Å². The third-order valence-electron chi connectivity index (χ3n) is 8.32. The number of carbonyl (C=O) groups excluding carboxylic acids is 2. The number of nitriles is 1. The van der Waals surface area contributed by atoms with Crippen molar-refractivity contribution >= 4 is 12.0 Å². The highest BCUT2D eigenvalue weighted by Crippen LogP contribution is 2.43. The normalized spacial score (nSPS) is 39.7. The Kier molecular flexibility index (Phi) is 8.30. The lowest BCUT2D eigenvalue weighted by atomic mass is 9.68. The van der Waals surface area contributed by atoms with Gasteiger partial charge < -0.3 is 35.2 Å². The average molecular weight is 479 g/mol. The number of amides is 2. The number of β-amino-alcohol motifs (C(OH)–C–C–N with tert-alkyl or cyclic N) is 1. The highest BCUT2D eigenvalue weighted by molar-refractivity contribution is 5.81. The molecule has 0 aromatic carbocycles. The largest absolute Gasteiger partial charge is 0.444 e. The van der Waals surface area contributed by atoms with Crippen LogP contribution in [0, 0.1) is 29.1 Å². The first kappa shape index (κ1) is 25.2. The van der Waals surface area contributed by atoms with Crippen molar-refractivity contribution in [2.75, 3.05) is 26.7 Å². The van der Waals surface area contributed by atoms with Crippen LogP contribution in [0.15, 0.2) is 0 Å². The summed E-state index contributed by atoms with van der Waals surface area (Å²) in [7, 11) is 1.84. The molecule has 0 bridgehead atoms. The van der Waals surface area contributed by atoms with Gasteiger partial charge in [-0.15, -0.1) is 0 Å². The third kappa shape index (κ3) is 5.82. The van der Waals surface area contributed by atoms with Crippen molar-refractivity contribution < 1.29 is 29.3 Å². The van der Waals surface area contributed by atoms with Crippen LogP contribution in [0.25, 0.3) is 0 Å². The Bertz CT molecular complexity index is 767. The van der Waals surface area contributed by atoms with Crippen molar-refractivity contribution in [2.45, 2.75) is 87.9 Å². The number of carbonyl (C=O) groups is 2. The number of ether oxygens (including phenoxy) is 2. The molecular formula is C24H38N4O6. The van der Waals surface area contributed by atoms with E-state index in [-0.39, 0.29) is 43.8 Å². The SMILES string of the molecule is CN1C(=O)OC2CCC(C3CCC(CC(C#N)NC(=O)C4CNCC(O)C(O)CO4)CC3)CC21. The van der Waals surface area contributed by atoms with Crippen LogP contribution < -0.4 is 10.6 Å². The van der Waals surface area contributed by atoms with E-state index in [1.54, 1.807) is 4.90 Å². The number of hydrogen-bond acceptors (Lipinski definition) is 8. The van der Waals surface area contributed by atoms with Crippen LogP contribution in [0.1, 0.15) is 51.4 Å². The van der Waals surface area contributed by atoms with Gasteiger partial charge >= 0.3 is 6.09 Å². The Morgan fingerprint density at radius 3 is 2.65 bits per heavy atom. The highest BCUT2D eigenvalue weighted by Gasteiger charge is 2.45. The first-order chi connectivity index (χ1) is 16.4. The standard InChI is InChI=1S/C24H38N4O6/c1-28-18-9-16(6-7-21(18)34-24(28)32)15-4-2-14(3-5-15)8-17(10-25)27-23(31)22-12-26-11-19(29)20(30)13-33-22/h14-22,26,29-30H,2-9,11-13H2,1H3,(H,27,31). The molecule has 2 saturated carbocycles. The van der Waals surface area contributed by atoms with E-state index < -0.39 is 24.4 Å². The van der Waals surface area contributed by atoms with Crippen LogP contribution in [-0.4, -0.2) is 90.4 Å². The molecule has 0 aromatic rings. The van der Waals surface area contributed by atoms with E-state index in [0.717, 1.165) is 44.9 Å². The van der Waals surface area contributed by atoms with Crippen LogP contribution in [-0.2, 0) is 14.3 Å². The lowest BCUT2D eigenvalue weighted by Gasteiger charge is -2.39. The minimum absolute atomic E-state index is 0.0513. The third-order valence-corrected chi connectivity index (χ3v) is 8.32. The number of likely N-dealkylation sites (N-methyl/N-ethyl adjacent to an activating group) is 1. The minimum atomic E-state index is -1.05. The Balaban J connectivity index is 1.21. The smallest absolute Gasteiger partial charge is 0.410 e. The van der Waals surface area contributed by atoms with Crippen molar-refractivity contribution in [3.05, 3.63) is 0 Å². The number of nitrogens with one attached hydrogen (secondary N) is 2. The zero-order valence-corrected chi connectivity index (χ0v) is 19.9. The molecule has 2 heterocycles. The molecule has 0 spiro atoms. The van der Waals surface area contributed by atoms with Crippen molar-refractivity contribution in [1.82, 2.24) is 15.5 Å². The fraction of sp³-hybridized carbons (Fsp3) is 0.875. The summed E-state index contributed by atoms with van der Waals surface area (Å²) in [5, 5.41) is 34.8. The van der Waals surface area contributed by atoms with E-state index in [4.69, 9.17) is 9.47 Å². The molecule has 2 saturated heterocycles. The van der Waals surface area contributed by atoms with Gasteiger partial charge in [0, 0.05) is 20.1 Å². The van der Waals surface area contributed by atoms with Gasteiger partial charge in [-0.25, -0.2) is 4.79 Å². The van der Waals surface area contributed by atoms with E-state index >= 15 is 0 Å². The molecule has 0 aromatic heterocycles. The highest BCUT2D eigenvalue weighted by atomic mass is 16.6. The topological polar surface area (TPSA) is 144 Å². The summed E-state index contributed by atoms with van der Waals surface area (Å²) in [6.07, 6.45) is 5.07. The fourth-order valence-corrected chi connectivity index (χ4v) is 6.16. The van der Waals surface area contributed by atoms with Gasteiger partial charge in [0.05, 0.1) is 24.8 Å². The average Bonchev–Trinajstić information content (AvgIpc) is 3.12. The predicted octanol–water partition coefficient (Wildman–Crippen LogP) is 0.521. The maximum Gasteiger partial charge on any atom is 0.410 e. The van der Waals surface area contributed by atoms with Crippen molar-refractivity contribution in [3.63, 3.8) is 0 Å². The first-order valence-electron chi connectivity index (χ1n) is 12.7. The van der Waals surface area contributed by atoms with Crippen LogP contribution in [0.2, 0.25) is 0 Å². The fourth-order valence-electron chi connectivity index (χ4n) is 6.16. The van der Waals surface area contributed by atoms with Crippen LogP contribution in [0.5, 0.6) is 0 Å². The van der Waals surface area contributed by atoms with Crippen LogP contribution in [0.4, 0.5) is 4.79 Å². The van der Waals surface area contributed by atoms with Crippen LogP contribution >= 0.6 is 0 Å². The first-order valence-corrected chi connectivity index (χ1v) is 12.7. The van der Waals surface area contributed by atoms with Gasteiger partial charge in [0.1, 0.15) is 24.4 Å². The maximum absolute atomic E-state index is 12.7. The second-order valence-corrected chi connectivity index (χ2v) is 10.5. The molecule has 4 fully saturated rings. The zero-order valence-electron chi connectivity index (χ0n) is 19.9. The Morgan fingerprint density at radius 2 is 1.91 bits per heavy atom. The summed E-state index contributed by atoms with van der Waals surface area (Å²) in [5.74, 6) is 1.28. The number of rotatable bonds is 5. The Hall–Kier alpha value is -1.93. The lowest BCUT2D eigenvalue weighted by Crippen LogP contribution is -2.52. The van der Waals surface area contributed by atoms with E-state index in [1.807, 2.05) is 7.05 Å². The van der Waals surface area contributed by atoms with E-state index in [0.29, 0.717) is 24.2 Å². The monoisotopic (exact) mass is 478 g/mol. The van der Waals surface area contributed by atoms with E-state index in [1.165, 1.54) is 0 Å². The molecule has 0 radical (unpaired) electrons. The minimum Gasteiger partial charge on any atom is -0.444 e. The molecule has 4 N–H and O–H groups in total. The number of aliphatic hydroxyl groups is 2. The van der Waals surface area contributed by atoms with E-state index in [2.05, 4.69) is 16.7 Å². The van der Waals surface area contributed by atoms with E-state index in [9.17, 15) is 25.1 Å². The quantitative estimate of drug-likeness (QED) is 0.448. The molecule has 10 nitrogen and oxygen atoms in total. The molecular weight excluding hydrogens is 440 g/mol. The van der Waals surface area contributed by atoms with Crippen LogP contribution in [0.3, 0.4) is 0 Å². The number of hydrogen-bond donors (Lipinski definition) is 4. The predicted molar refractivity (Wildman–Crippen MR) is 121 cm³/mol. The summed E-state index contributed by atoms with van der Waals surface area (Å²) in [6.45, 7) is 0.274. The summed E-state index contributed by atoms with van der Waals surface area (Å²) in [6, 6.07) is 1.85. The summed E-state index contributed by atoms with van der Waals surface area (Å²) in [4.78, 5) is 26.3. The van der Waals surface area contributed by atoms with Crippen molar-refractivity contribution in [3.8, 4) is 6.07 Å². The molecule has 4 aliphatic rings. The van der Waals surface area contributed by atoms with Gasteiger partial charge in [-0.2, -0.15) is 5.26 Å². The zero-order chi connectivity index (χ0) is 24.2. The molecule has 2 amide bonds. The van der Waals surface area contributed by atoms with Gasteiger partial charge in [0.2, 0.25) is 0 Å². The molecule has 2 aliphatic carbocycles. The molecule has 34 heavy (non-hydrogen) atoms. The van der Waals surface area contributed by atoms with Gasteiger partial charge in [-0.05, 0) is 56.3 Å². The van der Waals surface area contributed by atoms with Crippen molar-refractivity contribution in [1.29, 1.82) is 5.26 Å². The summed E-state index contributed by atoms with van der Waals surface area (Å²) in [5.41, 5.74) is 0. The Morgan fingerprint density at radius 1 is 1.18 bits per heavy atom. The molecule has 7 atom stereocenters. The summed E-state index contributed by atoms with van der Waals surface area (Å²) >= 11 is 0. The molecule has 190 valence electrons. The molecule has 7 unspecified atom stereocenters. The molecule has 2 aliphatic heterocycles. The van der Waals surface area contributed by atoms with Crippen molar-refractivity contribution in [2.24, 2.45) is 17.8 Å². The van der Waals surface area contributed by atoms with Gasteiger partial charge in [-0.3, -0.25) is 4.79 Å². The molecule has 10 heteroatoms. The lowest BCUT2D eigenvalue weighted by molar-refractivity contribution is -0.139. The second-order valence-electron chi connectivity index (χ2n) is 10.5. The number of aliphatic hydroxyl groups excluding tert-OH is 2. The number of fused-ring (bicyclic) bond motifs is 1.